The lowest BCUT2D eigenvalue weighted by Crippen LogP contribution is -3.14. The van der Waals surface area contributed by atoms with Gasteiger partial charge in [-0.15, -0.1) is 11.3 Å². The average molecular weight is 400 g/mol. The predicted octanol–water partition coefficient (Wildman–Crippen LogP) is 0.637. The van der Waals surface area contributed by atoms with Crippen LogP contribution in [0.4, 0.5) is 0 Å². The zero-order valence-corrected chi connectivity index (χ0v) is 16.2. The number of nitrogens with zero attached hydrogens (tertiary/aromatic N) is 2. The third-order valence-corrected chi connectivity index (χ3v) is 6.07. The first-order valence-electron chi connectivity index (χ1n) is 9.30. The molecule has 1 saturated heterocycles. The average Bonchev–Trinajstić information content (AvgIpc) is 3.36. The Bertz CT molecular complexity index is 876. The first kappa shape index (κ1) is 18.8. The molecule has 2 aromatic rings. The van der Waals surface area contributed by atoms with E-state index in [1.807, 2.05) is 6.07 Å². The van der Waals surface area contributed by atoms with Crippen molar-refractivity contribution in [2.75, 3.05) is 39.4 Å². The molecule has 1 amide bonds. The van der Waals surface area contributed by atoms with Crippen molar-refractivity contribution in [1.29, 1.82) is 0 Å². The molecule has 0 aliphatic carbocycles. The number of carbonyl (C=O) groups is 2. The second kappa shape index (κ2) is 8.22. The molecule has 0 unspecified atom stereocenters. The smallest absolute Gasteiger partial charge is 0.290 e. The van der Waals surface area contributed by atoms with E-state index in [0.29, 0.717) is 24.6 Å². The molecule has 4 rings (SSSR count). The summed E-state index contributed by atoms with van der Waals surface area (Å²) in [6.45, 7) is 4.38. The quantitative estimate of drug-likeness (QED) is 0.695. The van der Waals surface area contributed by atoms with E-state index in [9.17, 15) is 14.7 Å². The van der Waals surface area contributed by atoms with Crippen molar-refractivity contribution in [2.45, 2.75) is 6.04 Å². The maximum Gasteiger partial charge on any atom is 0.290 e. The number of Topliss-reactive ketones (excluding diaryl/α,β-unsaturated/α-hetero) is 1. The number of ether oxygens (including phenoxy) is 1. The van der Waals surface area contributed by atoms with Gasteiger partial charge in [-0.1, -0.05) is 12.1 Å². The van der Waals surface area contributed by atoms with Crippen LogP contribution in [0.3, 0.4) is 0 Å². The molecule has 0 aromatic carbocycles. The van der Waals surface area contributed by atoms with Crippen molar-refractivity contribution < 1.29 is 24.3 Å². The fraction of sp³-hybridized carbons (Fsp3) is 0.350. The SMILES string of the molecule is O=C(C1=C(O)C(=O)N(CC[NH+]2CCOCC2)[C@@H]1c1cccnc1)c1cccs1. The van der Waals surface area contributed by atoms with Crippen molar-refractivity contribution >= 4 is 23.0 Å². The first-order valence-corrected chi connectivity index (χ1v) is 10.2. The summed E-state index contributed by atoms with van der Waals surface area (Å²) in [5.74, 6) is -1.26. The molecule has 28 heavy (non-hydrogen) atoms. The Hall–Kier alpha value is -2.55. The van der Waals surface area contributed by atoms with Gasteiger partial charge in [-0.05, 0) is 23.1 Å². The molecule has 4 heterocycles. The van der Waals surface area contributed by atoms with E-state index in [2.05, 4.69) is 4.98 Å². The number of carbonyl (C=O) groups excluding carboxylic acids is 2. The number of hydrogen-bond acceptors (Lipinski definition) is 6. The minimum Gasteiger partial charge on any atom is -0.503 e. The molecule has 2 aromatic heterocycles. The van der Waals surface area contributed by atoms with Crippen LogP contribution in [-0.2, 0) is 9.53 Å². The Morgan fingerprint density at radius 2 is 2.14 bits per heavy atom. The molecule has 7 nitrogen and oxygen atoms in total. The number of morpholine rings is 1. The fourth-order valence-corrected chi connectivity index (χ4v) is 4.41. The highest BCUT2D eigenvalue weighted by atomic mass is 32.1. The van der Waals surface area contributed by atoms with Crippen LogP contribution in [-0.4, -0.2) is 66.1 Å². The highest BCUT2D eigenvalue weighted by Gasteiger charge is 2.44. The number of quaternary nitrogens is 1. The summed E-state index contributed by atoms with van der Waals surface area (Å²) >= 11 is 1.30. The lowest BCUT2D eigenvalue weighted by Gasteiger charge is -2.29. The Balaban J connectivity index is 1.64. The largest absolute Gasteiger partial charge is 0.503 e. The van der Waals surface area contributed by atoms with Gasteiger partial charge >= 0.3 is 0 Å². The van der Waals surface area contributed by atoms with Crippen molar-refractivity contribution in [2.24, 2.45) is 0 Å². The number of hydrogen-bond donors (Lipinski definition) is 2. The van der Waals surface area contributed by atoms with E-state index in [4.69, 9.17) is 4.74 Å². The maximum absolute atomic E-state index is 13.1. The molecule has 2 N–H and O–H groups in total. The molecule has 8 heteroatoms. The monoisotopic (exact) mass is 400 g/mol. The number of rotatable bonds is 6. The molecule has 0 radical (unpaired) electrons. The third kappa shape index (κ3) is 3.58. The van der Waals surface area contributed by atoms with Gasteiger partial charge in [0.1, 0.15) is 13.1 Å². The van der Waals surface area contributed by atoms with Crippen LogP contribution in [0, 0.1) is 0 Å². The molecule has 146 valence electrons. The number of pyridine rings is 1. The highest BCUT2D eigenvalue weighted by Crippen LogP contribution is 2.38. The van der Waals surface area contributed by atoms with Crippen LogP contribution in [0.25, 0.3) is 0 Å². The number of amides is 1. The summed E-state index contributed by atoms with van der Waals surface area (Å²) in [5, 5.41) is 12.4. The Morgan fingerprint density at radius 3 is 2.82 bits per heavy atom. The van der Waals surface area contributed by atoms with Crippen molar-refractivity contribution in [3.63, 3.8) is 0 Å². The summed E-state index contributed by atoms with van der Waals surface area (Å²) in [5.41, 5.74) is 0.856. The number of ketones is 1. The lowest BCUT2D eigenvalue weighted by atomic mass is 9.96. The van der Waals surface area contributed by atoms with E-state index in [1.165, 1.54) is 16.2 Å². The second-order valence-electron chi connectivity index (χ2n) is 6.87. The number of aromatic nitrogens is 1. The number of aliphatic hydroxyl groups is 1. The van der Waals surface area contributed by atoms with Gasteiger partial charge < -0.3 is 19.6 Å². The van der Waals surface area contributed by atoms with E-state index in [1.54, 1.807) is 40.9 Å². The number of aliphatic hydroxyl groups excluding tert-OH is 1. The van der Waals surface area contributed by atoms with E-state index >= 15 is 0 Å². The van der Waals surface area contributed by atoms with Gasteiger partial charge in [-0.2, -0.15) is 0 Å². The van der Waals surface area contributed by atoms with Crippen LogP contribution in [0.5, 0.6) is 0 Å². The molecule has 0 bridgehead atoms. The van der Waals surface area contributed by atoms with Crippen LogP contribution >= 0.6 is 11.3 Å². The molecule has 0 saturated carbocycles. The van der Waals surface area contributed by atoms with Gasteiger partial charge in [0.2, 0.25) is 5.78 Å². The number of nitrogens with one attached hydrogen (secondary N) is 1. The second-order valence-corrected chi connectivity index (χ2v) is 7.82. The topological polar surface area (TPSA) is 84.2 Å². The highest BCUT2D eigenvalue weighted by molar-refractivity contribution is 7.12. The predicted molar refractivity (Wildman–Crippen MR) is 103 cm³/mol. The third-order valence-electron chi connectivity index (χ3n) is 5.20. The summed E-state index contributed by atoms with van der Waals surface area (Å²) in [6, 6.07) is 6.47. The van der Waals surface area contributed by atoms with Crippen molar-refractivity contribution in [1.82, 2.24) is 9.88 Å². The lowest BCUT2D eigenvalue weighted by molar-refractivity contribution is -0.907. The molecule has 1 atom stereocenters. The summed E-state index contributed by atoms with van der Waals surface area (Å²) in [7, 11) is 0. The van der Waals surface area contributed by atoms with Crippen molar-refractivity contribution in [3.8, 4) is 0 Å². The molecular weight excluding hydrogens is 378 g/mol. The zero-order valence-electron chi connectivity index (χ0n) is 15.3. The van der Waals surface area contributed by atoms with Crippen LogP contribution in [0.2, 0.25) is 0 Å². The van der Waals surface area contributed by atoms with E-state index < -0.39 is 17.7 Å². The van der Waals surface area contributed by atoms with Crippen molar-refractivity contribution in [3.05, 3.63) is 63.8 Å². The van der Waals surface area contributed by atoms with Gasteiger partial charge in [0, 0.05) is 12.4 Å². The maximum atomic E-state index is 13.1. The Morgan fingerprint density at radius 1 is 1.32 bits per heavy atom. The molecule has 0 spiro atoms. The molecule has 2 aliphatic rings. The van der Waals surface area contributed by atoms with Crippen LogP contribution < -0.4 is 4.90 Å². The Kier molecular flexibility index (Phi) is 5.52. The summed E-state index contributed by atoms with van der Waals surface area (Å²) < 4.78 is 5.39. The van der Waals surface area contributed by atoms with E-state index in [-0.39, 0.29) is 11.4 Å². The van der Waals surface area contributed by atoms with Gasteiger partial charge in [0.15, 0.2) is 5.76 Å². The van der Waals surface area contributed by atoms with Gasteiger partial charge in [-0.25, -0.2) is 0 Å². The van der Waals surface area contributed by atoms with E-state index in [0.717, 1.165) is 25.2 Å². The normalized spacial score (nSPS) is 20.8. The van der Waals surface area contributed by atoms with Gasteiger partial charge in [0.25, 0.3) is 5.91 Å². The van der Waals surface area contributed by atoms with Crippen LogP contribution in [0.15, 0.2) is 53.4 Å². The summed E-state index contributed by atoms with van der Waals surface area (Å²) in [6.07, 6.45) is 3.29. The fourth-order valence-electron chi connectivity index (χ4n) is 3.73. The minimum absolute atomic E-state index is 0.137. The standard InChI is InChI=1S/C20H21N3O4S/c24-18(15-4-2-12-28-15)16-17(14-3-1-5-21-13-14)23(20(26)19(16)25)7-6-22-8-10-27-11-9-22/h1-5,12-13,17,25H,6-11H2/p+1/t17-/m1/s1. The van der Waals surface area contributed by atoms with Crippen LogP contribution in [0.1, 0.15) is 21.3 Å². The molecular formula is C20H22N3O4S+. The molecule has 2 aliphatic heterocycles. The molecule has 1 fully saturated rings. The minimum atomic E-state index is -0.628. The first-order chi connectivity index (χ1) is 13.7. The summed E-state index contributed by atoms with van der Waals surface area (Å²) in [4.78, 5) is 33.5. The van der Waals surface area contributed by atoms with Gasteiger partial charge in [-0.3, -0.25) is 14.6 Å². The Labute approximate surface area is 166 Å². The zero-order chi connectivity index (χ0) is 19.5. The van der Waals surface area contributed by atoms with Gasteiger partial charge in [0.05, 0.1) is 42.8 Å². The number of thiophene rings is 1.